The highest BCUT2D eigenvalue weighted by Gasteiger charge is 2.20. The fraction of sp³-hybridized carbons (Fsp3) is 0.462. The van der Waals surface area contributed by atoms with Gasteiger partial charge in [-0.1, -0.05) is 23.7 Å². The maximum atomic E-state index is 11.7. The Morgan fingerprint density at radius 3 is 2.68 bits per heavy atom. The number of amides is 1. The number of carbonyl (C=O) groups excluding carboxylic acids is 1. The molecule has 1 aliphatic heterocycles. The number of likely N-dealkylation sites (tertiary alicyclic amines) is 1. The van der Waals surface area contributed by atoms with E-state index in [9.17, 15) is 4.79 Å². The monoisotopic (exact) mass is 303 g/mol. The second kappa shape index (κ2) is 7.70. The summed E-state index contributed by atoms with van der Waals surface area (Å²) < 4.78 is 0. The van der Waals surface area contributed by atoms with Gasteiger partial charge in [-0.05, 0) is 24.1 Å². The number of nitrogens with zero attached hydrogens (tertiary/aromatic N) is 1. The van der Waals surface area contributed by atoms with Gasteiger partial charge in [-0.25, -0.2) is 0 Å². The van der Waals surface area contributed by atoms with Crippen LogP contribution in [0.1, 0.15) is 12.0 Å². The molecule has 1 atom stereocenters. The van der Waals surface area contributed by atoms with Crippen LogP contribution in [0.3, 0.4) is 0 Å². The van der Waals surface area contributed by atoms with Crippen LogP contribution in [0.25, 0.3) is 0 Å². The number of hydrogen-bond acceptors (Lipinski definition) is 3. The molecule has 106 valence electrons. The van der Waals surface area contributed by atoms with Gasteiger partial charge in [-0.2, -0.15) is 0 Å². The predicted molar refractivity (Wildman–Crippen MR) is 79.6 cm³/mol. The molecule has 0 saturated carbocycles. The Morgan fingerprint density at radius 1 is 1.42 bits per heavy atom. The van der Waals surface area contributed by atoms with Gasteiger partial charge >= 0.3 is 0 Å². The minimum absolute atomic E-state index is 0. The zero-order valence-electron chi connectivity index (χ0n) is 10.6. The van der Waals surface area contributed by atoms with Crippen molar-refractivity contribution in [2.24, 2.45) is 5.73 Å². The molecule has 1 aliphatic rings. The van der Waals surface area contributed by atoms with E-state index in [1.165, 1.54) is 0 Å². The molecule has 3 N–H and O–H groups in total. The second-order valence-electron chi connectivity index (χ2n) is 4.69. The van der Waals surface area contributed by atoms with Crippen molar-refractivity contribution in [3.05, 3.63) is 34.9 Å². The predicted octanol–water partition coefficient (Wildman–Crippen LogP) is 1.41. The molecule has 0 aliphatic carbocycles. The van der Waals surface area contributed by atoms with Gasteiger partial charge in [0.05, 0.1) is 6.54 Å². The molecular weight excluding hydrogens is 285 g/mol. The molecule has 1 heterocycles. The summed E-state index contributed by atoms with van der Waals surface area (Å²) in [4.78, 5) is 13.8. The Balaban J connectivity index is 0.00000180. The summed E-state index contributed by atoms with van der Waals surface area (Å²) in [5.74, 6) is 0.0408. The largest absolute Gasteiger partial charge is 0.351 e. The van der Waals surface area contributed by atoms with Crippen LogP contribution in [0.4, 0.5) is 0 Å². The number of carbonyl (C=O) groups is 1. The molecule has 1 fully saturated rings. The highest BCUT2D eigenvalue weighted by molar-refractivity contribution is 6.30. The molecule has 2 rings (SSSR count). The third-order valence-electron chi connectivity index (χ3n) is 3.08. The summed E-state index contributed by atoms with van der Waals surface area (Å²) >= 11 is 5.80. The zero-order valence-corrected chi connectivity index (χ0v) is 12.2. The Bertz CT molecular complexity index is 411. The molecule has 1 unspecified atom stereocenters. The van der Waals surface area contributed by atoms with Gasteiger partial charge in [-0.15, -0.1) is 12.4 Å². The van der Waals surface area contributed by atoms with Crippen molar-refractivity contribution in [2.75, 3.05) is 19.6 Å². The van der Waals surface area contributed by atoms with E-state index in [0.717, 1.165) is 25.1 Å². The summed E-state index contributed by atoms with van der Waals surface area (Å²) in [6.45, 7) is 2.70. The SMILES string of the molecule is Cl.NC1CCN(CC(=O)NCc2ccc(Cl)cc2)C1. The molecule has 0 bridgehead atoms. The quantitative estimate of drug-likeness (QED) is 0.884. The van der Waals surface area contributed by atoms with Crippen LogP contribution >= 0.6 is 24.0 Å². The first-order valence-corrected chi connectivity index (χ1v) is 6.50. The maximum absolute atomic E-state index is 11.7. The normalized spacial score (nSPS) is 18.9. The first-order chi connectivity index (χ1) is 8.63. The molecule has 4 nitrogen and oxygen atoms in total. The molecule has 0 aromatic heterocycles. The van der Waals surface area contributed by atoms with E-state index in [2.05, 4.69) is 10.2 Å². The zero-order chi connectivity index (χ0) is 13.0. The van der Waals surface area contributed by atoms with E-state index in [-0.39, 0.29) is 24.4 Å². The average Bonchev–Trinajstić information content (AvgIpc) is 2.74. The fourth-order valence-corrected chi connectivity index (χ4v) is 2.19. The molecule has 1 aromatic rings. The minimum atomic E-state index is 0. The van der Waals surface area contributed by atoms with E-state index < -0.39 is 0 Å². The van der Waals surface area contributed by atoms with Crippen LogP contribution in [0.15, 0.2) is 24.3 Å². The van der Waals surface area contributed by atoms with Crippen molar-refractivity contribution in [3.63, 3.8) is 0 Å². The van der Waals surface area contributed by atoms with Crippen molar-refractivity contribution in [1.29, 1.82) is 0 Å². The van der Waals surface area contributed by atoms with Crippen LogP contribution in [-0.4, -0.2) is 36.5 Å². The van der Waals surface area contributed by atoms with E-state index in [4.69, 9.17) is 17.3 Å². The molecule has 0 spiro atoms. The topological polar surface area (TPSA) is 58.4 Å². The first kappa shape index (κ1) is 16.2. The number of hydrogen-bond donors (Lipinski definition) is 2. The number of nitrogens with one attached hydrogen (secondary N) is 1. The molecule has 19 heavy (non-hydrogen) atoms. The Morgan fingerprint density at radius 2 is 2.11 bits per heavy atom. The molecular formula is C13H19Cl2N3O. The third-order valence-corrected chi connectivity index (χ3v) is 3.33. The molecule has 1 saturated heterocycles. The van der Waals surface area contributed by atoms with Crippen molar-refractivity contribution in [1.82, 2.24) is 10.2 Å². The lowest BCUT2D eigenvalue weighted by atomic mass is 10.2. The molecule has 6 heteroatoms. The standard InChI is InChI=1S/C13H18ClN3O.ClH/c14-11-3-1-10(2-4-11)7-16-13(18)9-17-6-5-12(15)8-17;/h1-4,12H,5-9,15H2,(H,16,18);1H. The van der Waals surface area contributed by atoms with E-state index in [1.54, 1.807) is 0 Å². The van der Waals surface area contributed by atoms with Crippen LogP contribution < -0.4 is 11.1 Å². The third kappa shape index (κ3) is 5.37. The van der Waals surface area contributed by atoms with Gasteiger partial charge in [0.1, 0.15) is 0 Å². The summed E-state index contributed by atoms with van der Waals surface area (Å²) in [6, 6.07) is 7.68. The lowest BCUT2D eigenvalue weighted by Crippen LogP contribution is -2.37. The Labute approximate surface area is 124 Å². The minimum Gasteiger partial charge on any atom is -0.351 e. The van der Waals surface area contributed by atoms with Gasteiger partial charge in [0.15, 0.2) is 0 Å². The summed E-state index contributed by atoms with van der Waals surface area (Å²) in [5.41, 5.74) is 6.84. The van der Waals surface area contributed by atoms with Gasteiger partial charge in [0, 0.05) is 30.7 Å². The van der Waals surface area contributed by atoms with Crippen LogP contribution in [0.2, 0.25) is 5.02 Å². The van der Waals surface area contributed by atoms with Gasteiger partial charge < -0.3 is 11.1 Å². The fourth-order valence-electron chi connectivity index (χ4n) is 2.07. The smallest absolute Gasteiger partial charge is 0.234 e. The lowest BCUT2D eigenvalue weighted by molar-refractivity contribution is -0.122. The van der Waals surface area contributed by atoms with E-state index >= 15 is 0 Å². The van der Waals surface area contributed by atoms with Crippen molar-refractivity contribution < 1.29 is 4.79 Å². The average molecular weight is 304 g/mol. The summed E-state index contributed by atoms with van der Waals surface area (Å²) in [5, 5.41) is 3.60. The highest BCUT2D eigenvalue weighted by atomic mass is 35.5. The van der Waals surface area contributed by atoms with E-state index in [0.29, 0.717) is 18.1 Å². The van der Waals surface area contributed by atoms with Crippen molar-refractivity contribution >= 4 is 29.9 Å². The summed E-state index contributed by atoms with van der Waals surface area (Å²) in [6.07, 6.45) is 0.977. The maximum Gasteiger partial charge on any atom is 0.234 e. The lowest BCUT2D eigenvalue weighted by Gasteiger charge is -2.14. The highest BCUT2D eigenvalue weighted by Crippen LogP contribution is 2.09. The van der Waals surface area contributed by atoms with Crippen LogP contribution in [0, 0.1) is 0 Å². The van der Waals surface area contributed by atoms with Gasteiger partial charge in [0.25, 0.3) is 0 Å². The van der Waals surface area contributed by atoms with Crippen molar-refractivity contribution in [2.45, 2.75) is 19.0 Å². The number of halogens is 2. The second-order valence-corrected chi connectivity index (χ2v) is 5.12. The summed E-state index contributed by atoms with van der Waals surface area (Å²) in [7, 11) is 0. The molecule has 1 aromatic carbocycles. The first-order valence-electron chi connectivity index (χ1n) is 6.12. The number of nitrogens with two attached hydrogens (primary N) is 1. The molecule has 1 amide bonds. The Kier molecular flexibility index (Phi) is 6.58. The van der Waals surface area contributed by atoms with Gasteiger partial charge in [0.2, 0.25) is 5.91 Å². The van der Waals surface area contributed by atoms with Crippen molar-refractivity contribution in [3.8, 4) is 0 Å². The van der Waals surface area contributed by atoms with Crippen LogP contribution in [0.5, 0.6) is 0 Å². The van der Waals surface area contributed by atoms with Gasteiger partial charge in [-0.3, -0.25) is 9.69 Å². The van der Waals surface area contributed by atoms with E-state index in [1.807, 2.05) is 24.3 Å². The Hall–Kier alpha value is -0.810. The number of benzene rings is 1. The molecule has 0 radical (unpaired) electrons. The van der Waals surface area contributed by atoms with Crippen LogP contribution in [-0.2, 0) is 11.3 Å². The number of rotatable bonds is 4.